The SMILES string of the molecule is Cc1cc(C)c(OCC2Cc3ccccc3S2)cc1N. The van der Waals surface area contributed by atoms with Crippen molar-refractivity contribution in [3.05, 3.63) is 53.1 Å². The second-order valence-electron chi connectivity index (χ2n) is 5.34. The van der Waals surface area contributed by atoms with Crippen molar-refractivity contribution >= 4 is 17.4 Å². The fraction of sp³-hybridized carbons (Fsp3) is 0.294. The maximum Gasteiger partial charge on any atom is 0.124 e. The van der Waals surface area contributed by atoms with E-state index in [1.807, 2.05) is 24.8 Å². The van der Waals surface area contributed by atoms with E-state index >= 15 is 0 Å². The number of aryl methyl sites for hydroxylation is 2. The van der Waals surface area contributed by atoms with Gasteiger partial charge in [-0.15, -0.1) is 11.8 Å². The van der Waals surface area contributed by atoms with E-state index in [-0.39, 0.29) is 0 Å². The molecule has 2 aromatic rings. The summed E-state index contributed by atoms with van der Waals surface area (Å²) < 4.78 is 5.99. The first kappa shape index (κ1) is 13.4. The summed E-state index contributed by atoms with van der Waals surface area (Å²) in [5.41, 5.74) is 10.5. The van der Waals surface area contributed by atoms with E-state index in [4.69, 9.17) is 10.5 Å². The van der Waals surface area contributed by atoms with Gasteiger partial charge in [0.15, 0.2) is 0 Å². The lowest BCUT2D eigenvalue weighted by Crippen LogP contribution is -2.14. The van der Waals surface area contributed by atoms with Crippen molar-refractivity contribution in [2.45, 2.75) is 30.4 Å². The van der Waals surface area contributed by atoms with Gasteiger partial charge in [-0.3, -0.25) is 0 Å². The molecule has 0 aromatic heterocycles. The van der Waals surface area contributed by atoms with Gasteiger partial charge < -0.3 is 10.5 Å². The first-order valence-corrected chi connectivity index (χ1v) is 7.75. The van der Waals surface area contributed by atoms with Crippen LogP contribution >= 0.6 is 11.8 Å². The van der Waals surface area contributed by atoms with Gasteiger partial charge in [0.25, 0.3) is 0 Å². The van der Waals surface area contributed by atoms with Crippen molar-refractivity contribution in [3.63, 3.8) is 0 Å². The number of anilines is 1. The molecule has 20 heavy (non-hydrogen) atoms. The van der Waals surface area contributed by atoms with Gasteiger partial charge in [-0.1, -0.05) is 24.3 Å². The molecule has 0 radical (unpaired) electrons. The maximum atomic E-state index is 5.99. The van der Waals surface area contributed by atoms with Gasteiger partial charge in [0.2, 0.25) is 0 Å². The Morgan fingerprint density at radius 1 is 1.20 bits per heavy atom. The molecule has 1 unspecified atom stereocenters. The summed E-state index contributed by atoms with van der Waals surface area (Å²) in [5.74, 6) is 0.907. The van der Waals surface area contributed by atoms with E-state index in [2.05, 4.69) is 37.3 Å². The van der Waals surface area contributed by atoms with Crippen molar-refractivity contribution < 1.29 is 4.74 Å². The Morgan fingerprint density at radius 3 is 2.80 bits per heavy atom. The summed E-state index contributed by atoms with van der Waals surface area (Å²) in [6.07, 6.45) is 1.08. The fourth-order valence-electron chi connectivity index (χ4n) is 2.53. The van der Waals surface area contributed by atoms with Gasteiger partial charge in [-0.2, -0.15) is 0 Å². The van der Waals surface area contributed by atoms with Gasteiger partial charge >= 0.3 is 0 Å². The number of rotatable bonds is 3. The molecule has 104 valence electrons. The van der Waals surface area contributed by atoms with E-state index in [1.54, 1.807) is 0 Å². The van der Waals surface area contributed by atoms with Crippen LogP contribution in [-0.2, 0) is 6.42 Å². The molecular formula is C17H19NOS. The highest BCUT2D eigenvalue weighted by atomic mass is 32.2. The van der Waals surface area contributed by atoms with E-state index in [0.717, 1.165) is 35.6 Å². The molecule has 1 aliphatic rings. The van der Waals surface area contributed by atoms with Crippen LogP contribution in [0.2, 0.25) is 0 Å². The molecule has 0 amide bonds. The number of ether oxygens (including phenoxy) is 1. The Hall–Kier alpha value is -1.61. The predicted molar refractivity (Wildman–Crippen MR) is 85.6 cm³/mol. The van der Waals surface area contributed by atoms with Crippen molar-refractivity contribution in [2.75, 3.05) is 12.3 Å². The molecule has 2 aromatic carbocycles. The van der Waals surface area contributed by atoms with E-state index in [9.17, 15) is 0 Å². The molecule has 3 heteroatoms. The summed E-state index contributed by atoms with van der Waals surface area (Å²) in [5, 5.41) is 0.495. The van der Waals surface area contributed by atoms with Crippen LogP contribution in [0.25, 0.3) is 0 Å². The van der Waals surface area contributed by atoms with Crippen molar-refractivity contribution in [1.82, 2.24) is 0 Å². The summed E-state index contributed by atoms with van der Waals surface area (Å²) in [6, 6.07) is 12.6. The van der Waals surface area contributed by atoms with E-state index in [0.29, 0.717) is 5.25 Å². The summed E-state index contributed by atoms with van der Waals surface area (Å²) in [6.45, 7) is 4.82. The fourth-order valence-corrected chi connectivity index (χ4v) is 3.75. The second kappa shape index (κ2) is 5.41. The highest BCUT2D eigenvalue weighted by Crippen LogP contribution is 2.37. The summed E-state index contributed by atoms with van der Waals surface area (Å²) in [4.78, 5) is 1.39. The summed E-state index contributed by atoms with van der Waals surface area (Å²) >= 11 is 1.91. The molecule has 0 fully saturated rings. The minimum atomic E-state index is 0.495. The number of thioether (sulfide) groups is 1. The summed E-state index contributed by atoms with van der Waals surface area (Å²) in [7, 11) is 0. The molecule has 0 saturated heterocycles. The number of benzene rings is 2. The van der Waals surface area contributed by atoms with Crippen LogP contribution in [0.15, 0.2) is 41.3 Å². The lowest BCUT2D eigenvalue weighted by molar-refractivity contribution is 0.315. The first-order valence-electron chi connectivity index (χ1n) is 6.87. The number of nitrogen functional groups attached to an aromatic ring is 1. The minimum absolute atomic E-state index is 0.495. The Kier molecular flexibility index (Phi) is 3.62. The molecule has 2 nitrogen and oxygen atoms in total. The maximum absolute atomic E-state index is 5.99. The van der Waals surface area contributed by atoms with Crippen molar-refractivity contribution in [1.29, 1.82) is 0 Å². The zero-order valence-electron chi connectivity index (χ0n) is 11.8. The van der Waals surface area contributed by atoms with Crippen LogP contribution in [-0.4, -0.2) is 11.9 Å². The third-order valence-corrected chi connectivity index (χ3v) is 4.99. The van der Waals surface area contributed by atoms with Crippen molar-refractivity contribution in [3.8, 4) is 5.75 Å². The molecule has 1 heterocycles. The lowest BCUT2D eigenvalue weighted by Gasteiger charge is -2.14. The highest BCUT2D eigenvalue weighted by molar-refractivity contribution is 8.00. The van der Waals surface area contributed by atoms with Crippen LogP contribution < -0.4 is 10.5 Å². The predicted octanol–water partition coefficient (Wildman–Crippen LogP) is 3.98. The first-order chi connectivity index (χ1) is 9.63. The molecule has 3 rings (SSSR count). The largest absolute Gasteiger partial charge is 0.492 e. The number of hydrogen-bond donors (Lipinski definition) is 1. The highest BCUT2D eigenvalue weighted by Gasteiger charge is 2.22. The van der Waals surface area contributed by atoms with Gasteiger partial charge in [0, 0.05) is 21.9 Å². The number of fused-ring (bicyclic) bond motifs is 1. The lowest BCUT2D eigenvalue weighted by atomic mass is 10.1. The third kappa shape index (κ3) is 2.63. The van der Waals surface area contributed by atoms with Gasteiger partial charge in [-0.05, 0) is 43.0 Å². The second-order valence-corrected chi connectivity index (χ2v) is 6.68. The topological polar surface area (TPSA) is 35.2 Å². The normalized spacial score (nSPS) is 17.0. The van der Waals surface area contributed by atoms with Crippen molar-refractivity contribution in [2.24, 2.45) is 0 Å². The standard InChI is InChI=1S/C17H19NOS/c1-11-7-12(2)16(9-15(11)18)19-10-14-8-13-5-3-4-6-17(13)20-14/h3-7,9,14H,8,10,18H2,1-2H3. The third-order valence-electron chi connectivity index (χ3n) is 3.70. The molecule has 0 spiro atoms. The molecule has 0 bridgehead atoms. The molecule has 1 aliphatic heterocycles. The van der Waals surface area contributed by atoms with Crippen LogP contribution in [0.3, 0.4) is 0 Å². The Labute approximate surface area is 124 Å². The average Bonchev–Trinajstić information content (AvgIpc) is 2.84. The van der Waals surface area contributed by atoms with Gasteiger partial charge in [-0.25, -0.2) is 0 Å². The number of hydrogen-bond acceptors (Lipinski definition) is 3. The quantitative estimate of drug-likeness (QED) is 0.866. The van der Waals surface area contributed by atoms with Crippen LogP contribution in [0.1, 0.15) is 16.7 Å². The van der Waals surface area contributed by atoms with Crippen LogP contribution in [0.5, 0.6) is 5.75 Å². The monoisotopic (exact) mass is 285 g/mol. The Balaban J connectivity index is 1.66. The Morgan fingerprint density at radius 2 is 2.00 bits per heavy atom. The average molecular weight is 285 g/mol. The van der Waals surface area contributed by atoms with Gasteiger partial charge in [0.05, 0.1) is 0 Å². The van der Waals surface area contributed by atoms with E-state index < -0.39 is 0 Å². The zero-order valence-corrected chi connectivity index (χ0v) is 12.7. The smallest absolute Gasteiger partial charge is 0.124 e. The molecule has 1 atom stereocenters. The Bertz CT molecular complexity index is 614. The number of nitrogens with two attached hydrogens (primary N) is 1. The molecular weight excluding hydrogens is 266 g/mol. The van der Waals surface area contributed by atoms with Crippen LogP contribution in [0, 0.1) is 13.8 Å². The molecule has 2 N–H and O–H groups in total. The zero-order chi connectivity index (χ0) is 14.1. The molecule has 0 aliphatic carbocycles. The van der Waals surface area contributed by atoms with Crippen LogP contribution in [0.4, 0.5) is 5.69 Å². The minimum Gasteiger partial charge on any atom is -0.492 e. The van der Waals surface area contributed by atoms with Gasteiger partial charge in [0.1, 0.15) is 12.4 Å². The van der Waals surface area contributed by atoms with E-state index in [1.165, 1.54) is 10.5 Å². The molecule has 0 saturated carbocycles.